The van der Waals surface area contributed by atoms with Gasteiger partial charge < -0.3 is 9.84 Å². The molecule has 0 radical (unpaired) electrons. The Balaban J connectivity index is 1.68. The van der Waals surface area contributed by atoms with E-state index in [-0.39, 0.29) is 29.5 Å². The molecule has 2 unspecified atom stereocenters. The number of halogens is 2. The minimum absolute atomic E-state index is 0.0167. The Kier molecular flexibility index (Phi) is 6.33. The molecule has 4 bridgehead atoms. The Bertz CT molecular complexity index is 571. The van der Waals surface area contributed by atoms with Gasteiger partial charge in [-0.1, -0.05) is 18.9 Å². The smallest absolute Gasteiger partial charge is 0.415 e. The van der Waals surface area contributed by atoms with Gasteiger partial charge in [0, 0.05) is 12.0 Å². The van der Waals surface area contributed by atoms with Crippen molar-refractivity contribution >= 4 is 18.0 Å². The van der Waals surface area contributed by atoms with Crippen molar-refractivity contribution in [1.29, 1.82) is 0 Å². The van der Waals surface area contributed by atoms with E-state index < -0.39 is 23.3 Å². The number of esters is 1. The number of rotatable bonds is 10. The lowest BCUT2D eigenvalue weighted by Crippen LogP contribution is -2.55. The van der Waals surface area contributed by atoms with Gasteiger partial charge in [0.15, 0.2) is 0 Å². The molecule has 28 heavy (non-hydrogen) atoms. The number of carbonyl (C=O) groups excluding carboxylic acids is 1. The van der Waals surface area contributed by atoms with Crippen molar-refractivity contribution in [3.63, 3.8) is 0 Å². The monoisotopic (exact) mass is 424 g/mol. The number of ether oxygens (including phenoxy) is 1. The lowest BCUT2D eigenvalue weighted by atomic mass is 9.42. The highest BCUT2D eigenvalue weighted by atomic mass is 32.2. The Morgan fingerprint density at radius 2 is 1.79 bits per heavy atom. The zero-order chi connectivity index (χ0) is 20.6. The predicted octanol–water partition coefficient (Wildman–Crippen LogP) is 4.58. The summed E-state index contributed by atoms with van der Waals surface area (Å²) in [6.45, 7) is 4.49. The molecule has 4 aliphatic rings. The maximum atomic E-state index is 13.7. The van der Waals surface area contributed by atoms with Crippen LogP contribution in [0.4, 0.5) is 8.78 Å². The zero-order valence-electron chi connectivity index (χ0n) is 16.4. The molecule has 6 nitrogen and oxygen atoms in total. The molecule has 0 aromatic carbocycles. The maximum absolute atomic E-state index is 13.7. The summed E-state index contributed by atoms with van der Waals surface area (Å²) < 4.78 is 36.1. The van der Waals surface area contributed by atoms with Gasteiger partial charge in [-0.3, -0.25) is 0 Å². The maximum Gasteiger partial charge on any atom is 0.415 e. The minimum Gasteiger partial charge on any atom is -0.460 e. The fourth-order valence-electron chi connectivity index (χ4n) is 6.83. The lowest BCUT2D eigenvalue weighted by molar-refractivity contribution is -0.433. The average molecular weight is 425 g/mol. The molecule has 9 heteroatoms. The Hall–Kier alpha value is -0.480. The molecule has 162 valence electrons. The second-order valence-corrected chi connectivity index (χ2v) is 10.9. The molecule has 2 atom stereocenters. The molecule has 0 spiro atoms. The topological polar surface area (TPSA) is 85.2 Å². The molecule has 4 saturated carbocycles. The van der Waals surface area contributed by atoms with Crippen LogP contribution in [0.15, 0.2) is 0 Å². The molecule has 4 aliphatic carbocycles. The molecular formula is C19H30F2O6S. The highest BCUT2D eigenvalue weighted by Gasteiger charge is 2.59. The third-order valence-electron chi connectivity index (χ3n) is 6.86. The minimum atomic E-state index is -3.95. The molecule has 2 N–H and O–H groups in total. The van der Waals surface area contributed by atoms with Crippen LogP contribution in [-0.4, -0.2) is 34.8 Å². The highest BCUT2D eigenvalue weighted by Crippen LogP contribution is 2.67. The van der Waals surface area contributed by atoms with E-state index in [2.05, 4.69) is 23.2 Å². The summed E-state index contributed by atoms with van der Waals surface area (Å²) in [4.78, 5) is 11.8. The largest absolute Gasteiger partial charge is 0.460 e. The third kappa shape index (κ3) is 4.80. The van der Waals surface area contributed by atoms with Crippen LogP contribution in [0.1, 0.15) is 65.2 Å². The van der Waals surface area contributed by atoms with Crippen LogP contribution in [0.5, 0.6) is 0 Å². The van der Waals surface area contributed by atoms with Crippen molar-refractivity contribution in [2.45, 2.75) is 70.5 Å². The molecule has 0 aromatic heterocycles. The van der Waals surface area contributed by atoms with Crippen LogP contribution < -0.4 is 0 Å². The first-order valence-corrected chi connectivity index (χ1v) is 10.6. The van der Waals surface area contributed by atoms with E-state index in [0.717, 1.165) is 44.9 Å². The van der Waals surface area contributed by atoms with Crippen LogP contribution >= 0.6 is 12.0 Å². The molecule has 4 fully saturated rings. The van der Waals surface area contributed by atoms with Crippen molar-refractivity contribution in [3.8, 4) is 0 Å². The summed E-state index contributed by atoms with van der Waals surface area (Å²) in [7, 11) is 0. The highest BCUT2D eigenvalue weighted by molar-refractivity contribution is 7.96. The van der Waals surface area contributed by atoms with Crippen LogP contribution in [0, 0.1) is 28.1 Å². The van der Waals surface area contributed by atoms with Crippen LogP contribution in [0.3, 0.4) is 0 Å². The Morgan fingerprint density at radius 1 is 1.18 bits per heavy atom. The first-order chi connectivity index (χ1) is 13.0. The number of aliphatic hydroxyl groups excluding tert-OH is 1. The fourth-order valence-corrected chi connectivity index (χ4v) is 7.07. The van der Waals surface area contributed by atoms with E-state index in [1.807, 2.05) is 0 Å². The van der Waals surface area contributed by atoms with Crippen LogP contribution in [0.2, 0.25) is 0 Å². The van der Waals surface area contributed by atoms with Gasteiger partial charge in [0.2, 0.25) is 0 Å². The predicted molar refractivity (Wildman–Crippen MR) is 97.9 cm³/mol. The fraction of sp³-hybridized carbons (Fsp3) is 0.947. The zero-order valence-corrected chi connectivity index (χ0v) is 17.2. The van der Waals surface area contributed by atoms with E-state index in [1.54, 1.807) is 0 Å². The van der Waals surface area contributed by atoms with Crippen molar-refractivity contribution < 1.29 is 38.0 Å². The summed E-state index contributed by atoms with van der Waals surface area (Å²) >= 11 is -0.587. The third-order valence-corrected chi connectivity index (χ3v) is 7.37. The van der Waals surface area contributed by atoms with E-state index in [9.17, 15) is 18.7 Å². The summed E-state index contributed by atoms with van der Waals surface area (Å²) in [5.74, 6) is -0.586. The van der Waals surface area contributed by atoms with Crippen LogP contribution in [-0.2, 0) is 18.9 Å². The molecule has 0 amide bonds. The van der Waals surface area contributed by atoms with Crippen LogP contribution in [0.25, 0.3) is 0 Å². The van der Waals surface area contributed by atoms with Crippen molar-refractivity contribution in [2.24, 2.45) is 28.1 Å². The molecule has 0 saturated heterocycles. The van der Waals surface area contributed by atoms with Crippen molar-refractivity contribution in [1.82, 2.24) is 0 Å². The van der Waals surface area contributed by atoms with Crippen molar-refractivity contribution in [2.75, 3.05) is 13.2 Å². The summed E-state index contributed by atoms with van der Waals surface area (Å²) in [5, 5.41) is 16.6. The van der Waals surface area contributed by atoms with E-state index >= 15 is 0 Å². The normalized spacial score (nSPS) is 34.6. The second kappa shape index (κ2) is 7.98. The second-order valence-electron chi connectivity index (χ2n) is 10.1. The van der Waals surface area contributed by atoms with Gasteiger partial charge in [0.25, 0.3) is 0 Å². The lowest BCUT2D eigenvalue weighted by Gasteiger charge is -2.63. The van der Waals surface area contributed by atoms with Gasteiger partial charge in [0.1, 0.15) is 12.0 Å². The number of hydrogen-bond donors (Lipinski definition) is 2. The van der Waals surface area contributed by atoms with Gasteiger partial charge in [-0.2, -0.15) is 8.78 Å². The van der Waals surface area contributed by atoms with Gasteiger partial charge in [-0.25, -0.2) is 10.1 Å². The van der Waals surface area contributed by atoms with Gasteiger partial charge in [-0.15, -0.1) is 4.33 Å². The molecule has 0 heterocycles. The summed E-state index contributed by atoms with van der Waals surface area (Å²) in [6, 6.07) is 0. The quantitative estimate of drug-likeness (QED) is 0.230. The van der Waals surface area contributed by atoms with Crippen molar-refractivity contribution in [3.05, 3.63) is 0 Å². The SMILES string of the molecule is CC(C)(CCO)CC12CC3CC(CC(COC(=O)C(F)(F)SOOO)(C3)C1)C2. The number of alkyl halides is 2. The Morgan fingerprint density at radius 3 is 2.36 bits per heavy atom. The van der Waals surface area contributed by atoms with Gasteiger partial charge >= 0.3 is 11.2 Å². The Labute approximate surface area is 168 Å². The average Bonchev–Trinajstić information content (AvgIpc) is 2.55. The van der Waals surface area contributed by atoms with E-state index in [1.165, 1.54) is 6.42 Å². The number of hydrogen-bond acceptors (Lipinski definition) is 7. The summed E-state index contributed by atoms with van der Waals surface area (Å²) in [5.41, 5.74) is -0.0893. The van der Waals surface area contributed by atoms with E-state index in [0.29, 0.717) is 11.8 Å². The molecular weight excluding hydrogens is 394 g/mol. The number of carbonyl (C=O) groups is 1. The molecule has 4 rings (SSSR count). The number of aliphatic hydroxyl groups is 1. The van der Waals surface area contributed by atoms with Gasteiger partial charge in [0.05, 0.1) is 6.61 Å². The standard InChI is InChI=1S/C19H30F2O6S/c1-16(2,3-4-22)10-17-6-13-5-14(7-17)9-18(8-13,11-17)12-25-15(23)19(20,21)28-27-26-24/h13-14,22,24H,3-12H2,1-2H3. The summed E-state index contributed by atoms with van der Waals surface area (Å²) in [6.07, 6.45) is 7.89. The molecule has 0 aromatic rings. The van der Waals surface area contributed by atoms with Gasteiger partial charge in [-0.05, 0) is 74.0 Å². The molecule has 0 aliphatic heterocycles. The van der Waals surface area contributed by atoms with E-state index in [4.69, 9.17) is 9.99 Å². The first-order valence-electron chi connectivity index (χ1n) is 9.85. The first kappa shape index (κ1) is 22.2.